The van der Waals surface area contributed by atoms with Crippen LogP contribution < -0.4 is 0 Å². The molecular formula is C14H6F9N. The molecule has 0 radical (unpaired) electrons. The van der Waals surface area contributed by atoms with Gasteiger partial charge in [-0.05, 0) is 17.7 Å². The van der Waals surface area contributed by atoms with Gasteiger partial charge in [-0.2, -0.15) is 39.5 Å². The zero-order chi connectivity index (χ0) is 18.3. The third-order valence-corrected chi connectivity index (χ3v) is 3.04. The summed E-state index contributed by atoms with van der Waals surface area (Å²) in [6, 6.07) is 2.26. The zero-order valence-corrected chi connectivity index (χ0v) is 11.3. The van der Waals surface area contributed by atoms with E-state index in [0.717, 1.165) is 12.1 Å². The Labute approximate surface area is 128 Å². The summed E-state index contributed by atoms with van der Waals surface area (Å²) in [5.74, 6) is 0. The number of benzene rings is 1. The zero-order valence-electron chi connectivity index (χ0n) is 11.3. The maximum Gasteiger partial charge on any atom is 0.418 e. The summed E-state index contributed by atoms with van der Waals surface area (Å²) in [5.41, 5.74) is -7.14. The molecule has 1 aromatic carbocycles. The second-order valence-electron chi connectivity index (χ2n) is 4.68. The monoisotopic (exact) mass is 359 g/mol. The molecule has 0 aliphatic rings. The number of hydrogen-bond acceptors (Lipinski definition) is 1. The van der Waals surface area contributed by atoms with E-state index in [-0.39, 0.29) is 18.5 Å². The molecule has 0 fully saturated rings. The molecule has 1 nitrogen and oxygen atoms in total. The standard InChI is InChI=1S/C14H6F9N/c15-12(16,17)8-3-1-2-7(4-8)11-9(13(18,19)20)5-24-6-10(11)14(21,22)23/h1-6H. The minimum Gasteiger partial charge on any atom is -0.263 e. The lowest BCUT2D eigenvalue weighted by molar-refractivity contribution is -0.142. The molecular weight excluding hydrogens is 353 g/mol. The molecule has 24 heavy (non-hydrogen) atoms. The van der Waals surface area contributed by atoms with E-state index in [1.165, 1.54) is 0 Å². The number of halogens is 9. The Hall–Kier alpha value is -2.26. The van der Waals surface area contributed by atoms with Gasteiger partial charge in [0.1, 0.15) is 0 Å². The van der Waals surface area contributed by atoms with Gasteiger partial charge in [-0.3, -0.25) is 4.98 Å². The quantitative estimate of drug-likeness (QED) is 0.586. The molecule has 0 amide bonds. The van der Waals surface area contributed by atoms with Crippen LogP contribution in [0.1, 0.15) is 16.7 Å². The maximum absolute atomic E-state index is 13.0. The van der Waals surface area contributed by atoms with Crippen LogP contribution in [0, 0.1) is 0 Å². The van der Waals surface area contributed by atoms with Gasteiger partial charge in [0.05, 0.1) is 16.7 Å². The van der Waals surface area contributed by atoms with Crippen molar-refractivity contribution in [3.05, 3.63) is 53.3 Å². The summed E-state index contributed by atoms with van der Waals surface area (Å²) in [4.78, 5) is 2.91. The maximum atomic E-state index is 13.0. The van der Waals surface area contributed by atoms with Gasteiger partial charge in [0.25, 0.3) is 0 Å². The molecule has 2 rings (SSSR count). The molecule has 0 N–H and O–H groups in total. The summed E-state index contributed by atoms with van der Waals surface area (Å²) in [6.07, 6.45) is -15.1. The van der Waals surface area contributed by atoms with Crippen molar-refractivity contribution in [3.8, 4) is 11.1 Å². The predicted octanol–water partition coefficient (Wildman–Crippen LogP) is 5.81. The second kappa shape index (κ2) is 5.67. The Morgan fingerprint density at radius 2 is 1.17 bits per heavy atom. The first-order valence-corrected chi connectivity index (χ1v) is 6.12. The lowest BCUT2D eigenvalue weighted by atomic mass is 9.94. The molecule has 0 aliphatic heterocycles. The van der Waals surface area contributed by atoms with Crippen LogP contribution in [0.4, 0.5) is 39.5 Å². The van der Waals surface area contributed by atoms with E-state index < -0.39 is 46.3 Å². The van der Waals surface area contributed by atoms with Crippen molar-refractivity contribution in [3.63, 3.8) is 0 Å². The average Bonchev–Trinajstić information content (AvgIpc) is 2.44. The summed E-state index contributed by atoms with van der Waals surface area (Å²) >= 11 is 0. The molecule has 10 heteroatoms. The highest BCUT2D eigenvalue weighted by Crippen LogP contribution is 2.44. The van der Waals surface area contributed by atoms with Crippen molar-refractivity contribution >= 4 is 0 Å². The Morgan fingerprint density at radius 1 is 0.667 bits per heavy atom. The smallest absolute Gasteiger partial charge is 0.263 e. The van der Waals surface area contributed by atoms with Gasteiger partial charge in [-0.15, -0.1) is 0 Å². The lowest BCUT2D eigenvalue weighted by Crippen LogP contribution is -2.15. The molecule has 0 aliphatic carbocycles. The van der Waals surface area contributed by atoms with Gasteiger partial charge in [0.15, 0.2) is 0 Å². The Kier molecular flexibility index (Phi) is 4.28. The van der Waals surface area contributed by atoms with Crippen LogP contribution in [-0.2, 0) is 18.5 Å². The van der Waals surface area contributed by atoms with Gasteiger partial charge in [0, 0.05) is 18.0 Å². The first-order valence-electron chi connectivity index (χ1n) is 6.12. The van der Waals surface area contributed by atoms with Gasteiger partial charge < -0.3 is 0 Å². The van der Waals surface area contributed by atoms with Crippen molar-refractivity contribution < 1.29 is 39.5 Å². The number of alkyl halides is 9. The Bertz CT molecular complexity index is 709. The van der Waals surface area contributed by atoms with E-state index in [1.807, 2.05) is 0 Å². The van der Waals surface area contributed by atoms with Gasteiger partial charge in [-0.1, -0.05) is 12.1 Å². The molecule has 1 heterocycles. The molecule has 0 unspecified atom stereocenters. The molecule has 0 spiro atoms. The first-order chi connectivity index (χ1) is 10.8. The average molecular weight is 359 g/mol. The highest BCUT2D eigenvalue weighted by atomic mass is 19.4. The van der Waals surface area contributed by atoms with Crippen molar-refractivity contribution in [2.24, 2.45) is 0 Å². The van der Waals surface area contributed by atoms with E-state index in [0.29, 0.717) is 6.07 Å². The number of aromatic nitrogens is 1. The van der Waals surface area contributed by atoms with Crippen LogP contribution in [0.3, 0.4) is 0 Å². The van der Waals surface area contributed by atoms with Gasteiger partial charge in [-0.25, -0.2) is 0 Å². The van der Waals surface area contributed by atoms with E-state index >= 15 is 0 Å². The fourth-order valence-electron chi connectivity index (χ4n) is 2.05. The molecule has 0 bridgehead atoms. The summed E-state index contributed by atoms with van der Waals surface area (Å²) in [6.45, 7) is 0. The Balaban J connectivity index is 2.82. The normalized spacial score (nSPS) is 13.2. The minimum absolute atomic E-state index is 0.144. The summed E-state index contributed by atoms with van der Waals surface area (Å²) < 4.78 is 116. The van der Waals surface area contributed by atoms with Crippen molar-refractivity contribution in [2.45, 2.75) is 18.5 Å². The van der Waals surface area contributed by atoms with Crippen LogP contribution in [-0.4, -0.2) is 4.98 Å². The van der Waals surface area contributed by atoms with Crippen LogP contribution in [0.15, 0.2) is 36.7 Å². The second-order valence-corrected chi connectivity index (χ2v) is 4.68. The Morgan fingerprint density at radius 3 is 1.58 bits per heavy atom. The SMILES string of the molecule is FC(F)(F)c1cccc(-c2c(C(F)(F)F)cncc2C(F)(F)F)c1. The molecule has 1 aromatic heterocycles. The lowest BCUT2D eigenvalue weighted by Gasteiger charge is -2.19. The fourth-order valence-corrected chi connectivity index (χ4v) is 2.05. The predicted molar refractivity (Wildman–Crippen MR) is 64.7 cm³/mol. The third-order valence-electron chi connectivity index (χ3n) is 3.04. The number of hydrogen-bond donors (Lipinski definition) is 0. The number of rotatable bonds is 1. The molecule has 0 atom stereocenters. The van der Waals surface area contributed by atoms with E-state index in [1.54, 1.807) is 0 Å². The summed E-state index contributed by atoms with van der Waals surface area (Å²) in [5, 5.41) is 0. The van der Waals surface area contributed by atoms with Crippen molar-refractivity contribution in [1.29, 1.82) is 0 Å². The van der Waals surface area contributed by atoms with E-state index in [4.69, 9.17) is 0 Å². The molecule has 130 valence electrons. The summed E-state index contributed by atoms with van der Waals surface area (Å²) in [7, 11) is 0. The van der Waals surface area contributed by atoms with Crippen molar-refractivity contribution in [1.82, 2.24) is 4.98 Å². The highest BCUT2D eigenvalue weighted by molar-refractivity contribution is 5.72. The highest BCUT2D eigenvalue weighted by Gasteiger charge is 2.42. The third kappa shape index (κ3) is 3.62. The fraction of sp³-hybridized carbons (Fsp3) is 0.214. The van der Waals surface area contributed by atoms with Crippen LogP contribution in [0.25, 0.3) is 11.1 Å². The van der Waals surface area contributed by atoms with Crippen LogP contribution in [0.2, 0.25) is 0 Å². The van der Waals surface area contributed by atoms with Crippen LogP contribution in [0.5, 0.6) is 0 Å². The van der Waals surface area contributed by atoms with Crippen molar-refractivity contribution in [2.75, 3.05) is 0 Å². The topological polar surface area (TPSA) is 12.9 Å². The van der Waals surface area contributed by atoms with Crippen LogP contribution >= 0.6 is 0 Å². The van der Waals surface area contributed by atoms with Gasteiger partial charge in [0.2, 0.25) is 0 Å². The minimum atomic E-state index is -5.22. The molecule has 0 saturated heterocycles. The largest absolute Gasteiger partial charge is 0.418 e. The first kappa shape index (κ1) is 18.1. The molecule has 0 saturated carbocycles. The molecule has 2 aromatic rings. The van der Waals surface area contributed by atoms with E-state index in [9.17, 15) is 39.5 Å². The van der Waals surface area contributed by atoms with Gasteiger partial charge >= 0.3 is 18.5 Å². The van der Waals surface area contributed by atoms with E-state index in [2.05, 4.69) is 4.98 Å². The number of nitrogens with zero attached hydrogens (tertiary/aromatic N) is 1. The number of pyridine rings is 1.